The first-order valence-electron chi connectivity index (χ1n) is 6.36. The van der Waals surface area contributed by atoms with Crippen molar-refractivity contribution in [2.45, 2.75) is 32.4 Å². The Morgan fingerprint density at radius 3 is 2.78 bits per heavy atom. The molecule has 1 aromatic rings. The van der Waals surface area contributed by atoms with Crippen LogP contribution in [0, 0.1) is 12.7 Å². The van der Waals surface area contributed by atoms with Gasteiger partial charge in [-0.25, -0.2) is 4.39 Å². The van der Waals surface area contributed by atoms with Crippen LogP contribution >= 0.6 is 0 Å². The number of aryl methyl sites for hydroxylation is 1. The van der Waals surface area contributed by atoms with Crippen molar-refractivity contribution in [3.63, 3.8) is 0 Å². The largest absolute Gasteiger partial charge is 0.380 e. The minimum absolute atomic E-state index is 0.170. The molecule has 0 aliphatic carbocycles. The van der Waals surface area contributed by atoms with Gasteiger partial charge in [0.15, 0.2) is 0 Å². The molecule has 0 saturated carbocycles. The van der Waals surface area contributed by atoms with Gasteiger partial charge in [0.25, 0.3) is 0 Å². The number of hydrogen-bond donors (Lipinski definition) is 1. The standard InChI is InChI=1S/C14H21FN2O/c1-9-6-14(12(10(2)16)7-13(9)15)17-5-4-11(8-17)18-3/h6-7,10-11H,4-5,8,16H2,1-3H3/t10-,11?/m0/s1. The van der Waals surface area contributed by atoms with Gasteiger partial charge in [0.1, 0.15) is 5.82 Å². The molecule has 18 heavy (non-hydrogen) atoms. The zero-order valence-electron chi connectivity index (χ0n) is 11.2. The van der Waals surface area contributed by atoms with Gasteiger partial charge in [0.05, 0.1) is 6.10 Å². The average Bonchev–Trinajstić information content (AvgIpc) is 2.80. The maximum atomic E-state index is 13.7. The summed E-state index contributed by atoms with van der Waals surface area (Å²) in [5.41, 5.74) is 8.52. The molecule has 1 fully saturated rings. The minimum atomic E-state index is -0.187. The number of rotatable bonds is 3. The predicted molar refractivity (Wildman–Crippen MR) is 71.4 cm³/mol. The summed E-state index contributed by atoms with van der Waals surface area (Å²) in [6, 6.07) is 3.29. The van der Waals surface area contributed by atoms with E-state index in [2.05, 4.69) is 4.90 Å². The van der Waals surface area contributed by atoms with Crippen LogP contribution in [0.15, 0.2) is 12.1 Å². The van der Waals surface area contributed by atoms with Crippen molar-refractivity contribution in [1.82, 2.24) is 0 Å². The highest BCUT2D eigenvalue weighted by molar-refractivity contribution is 5.57. The second-order valence-corrected chi connectivity index (χ2v) is 5.04. The van der Waals surface area contributed by atoms with E-state index >= 15 is 0 Å². The highest BCUT2D eigenvalue weighted by Crippen LogP contribution is 2.31. The second kappa shape index (κ2) is 5.24. The molecule has 0 radical (unpaired) electrons. The van der Waals surface area contributed by atoms with E-state index in [1.807, 2.05) is 13.0 Å². The highest BCUT2D eigenvalue weighted by atomic mass is 19.1. The lowest BCUT2D eigenvalue weighted by Crippen LogP contribution is -2.25. The van der Waals surface area contributed by atoms with Crippen LogP contribution in [0.5, 0.6) is 0 Å². The van der Waals surface area contributed by atoms with Gasteiger partial charge < -0.3 is 15.4 Å². The van der Waals surface area contributed by atoms with E-state index in [1.165, 1.54) is 0 Å². The summed E-state index contributed by atoms with van der Waals surface area (Å²) < 4.78 is 19.0. The summed E-state index contributed by atoms with van der Waals surface area (Å²) in [6.45, 7) is 5.45. The molecule has 3 nitrogen and oxygen atoms in total. The quantitative estimate of drug-likeness (QED) is 0.897. The Bertz CT molecular complexity index is 434. The smallest absolute Gasteiger partial charge is 0.126 e. The van der Waals surface area contributed by atoms with E-state index in [9.17, 15) is 4.39 Å². The van der Waals surface area contributed by atoms with Crippen LogP contribution < -0.4 is 10.6 Å². The number of benzene rings is 1. The molecule has 0 spiro atoms. The molecule has 0 bridgehead atoms. The monoisotopic (exact) mass is 252 g/mol. The van der Waals surface area contributed by atoms with E-state index in [0.29, 0.717) is 5.56 Å². The van der Waals surface area contributed by atoms with Crippen LogP contribution in [-0.2, 0) is 4.74 Å². The van der Waals surface area contributed by atoms with E-state index in [-0.39, 0.29) is 18.0 Å². The Morgan fingerprint density at radius 2 is 2.22 bits per heavy atom. The Morgan fingerprint density at radius 1 is 1.50 bits per heavy atom. The molecule has 0 amide bonds. The topological polar surface area (TPSA) is 38.5 Å². The van der Waals surface area contributed by atoms with Crippen molar-refractivity contribution in [2.75, 3.05) is 25.1 Å². The van der Waals surface area contributed by atoms with Gasteiger partial charge in [-0.1, -0.05) is 0 Å². The maximum Gasteiger partial charge on any atom is 0.126 e. The van der Waals surface area contributed by atoms with E-state index in [4.69, 9.17) is 10.5 Å². The Balaban J connectivity index is 2.34. The molecular formula is C14H21FN2O. The molecule has 1 aromatic carbocycles. The Hall–Kier alpha value is -1.13. The number of halogens is 1. The average molecular weight is 252 g/mol. The molecule has 4 heteroatoms. The number of ether oxygens (including phenoxy) is 1. The van der Waals surface area contributed by atoms with Gasteiger partial charge in [0.2, 0.25) is 0 Å². The number of nitrogens with two attached hydrogens (primary N) is 1. The number of nitrogens with zero attached hydrogens (tertiary/aromatic N) is 1. The summed E-state index contributed by atoms with van der Waals surface area (Å²) in [5.74, 6) is -0.187. The summed E-state index contributed by atoms with van der Waals surface area (Å²) in [7, 11) is 1.73. The number of anilines is 1. The normalized spacial score (nSPS) is 21.4. The minimum Gasteiger partial charge on any atom is -0.380 e. The van der Waals surface area contributed by atoms with Gasteiger partial charge >= 0.3 is 0 Å². The van der Waals surface area contributed by atoms with Gasteiger partial charge in [0, 0.05) is 31.9 Å². The lowest BCUT2D eigenvalue weighted by atomic mass is 10.0. The highest BCUT2D eigenvalue weighted by Gasteiger charge is 2.25. The fourth-order valence-corrected chi connectivity index (χ4v) is 2.46. The van der Waals surface area contributed by atoms with Crippen LogP contribution in [0.1, 0.15) is 30.5 Å². The predicted octanol–water partition coefficient (Wildman–Crippen LogP) is 2.38. The van der Waals surface area contributed by atoms with Crippen molar-refractivity contribution in [3.05, 3.63) is 29.1 Å². The zero-order chi connectivity index (χ0) is 13.3. The molecule has 2 rings (SSSR count). The van der Waals surface area contributed by atoms with Crippen LogP contribution in [0.4, 0.5) is 10.1 Å². The van der Waals surface area contributed by atoms with Crippen molar-refractivity contribution < 1.29 is 9.13 Å². The van der Waals surface area contributed by atoms with E-state index in [1.54, 1.807) is 20.1 Å². The molecular weight excluding hydrogens is 231 g/mol. The molecule has 1 heterocycles. The fourth-order valence-electron chi connectivity index (χ4n) is 2.46. The second-order valence-electron chi connectivity index (χ2n) is 5.04. The molecule has 2 N–H and O–H groups in total. The fraction of sp³-hybridized carbons (Fsp3) is 0.571. The molecule has 1 aliphatic rings. The third-order valence-electron chi connectivity index (χ3n) is 3.62. The lowest BCUT2D eigenvalue weighted by Gasteiger charge is -2.24. The van der Waals surface area contributed by atoms with Crippen LogP contribution in [-0.4, -0.2) is 26.3 Å². The molecule has 1 aliphatic heterocycles. The van der Waals surface area contributed by atoms with Gasteiger partial charge in [-0.05, 0) is 43.5 Å². The molecule has 1 unspecified atom stereocenters. The molecule has 0 aromatic heterocycles. The molecule has 100 valence electrons. The van der Waals surface area contributed by atoms with Gasteiger partial charge in [-0.2, -0.15) is 0 Å². The number of methoxy groups -OCH3 is 1. The SMILES string of the molecule is COC1CCN(c2cc(C)c(F)cc2[C@H](C)N)C1. The first kappa shape index (κ1) is 13.3. The van der Waals surface area contributed by atoms with Crippen LogP contribution in [0.2, 0.25) is 0 Å². The lowest BCUT2D eigenvalue weighted by molar-refractivity contribution is 0.121. The van der Waals surface area contributed by atoms with Crippen LogP contribution in [0.3, 0.4) is 0 Å². The van der Waals surface area contributed by atoms with Gasteiger partial charge in [-0.15, -0.1) is 0 Å². The van der Waals surface area contributed by atoms with Gasteiger partial charge in [-0.3, -0.25) is 0 Å². The molecule has 2 atom stereocenters. The van der Waals surface area contributed by atoms with E-state index < -0.39 is 0 Å². The summed E-state index contributed by atoms with van der Waals surface area (Å²) in [6.07, 6.45) is 1.27. The maximum absolute atomic E-state index is 13.7. The third kappa shape index (κ3) is 2.49. The van der Waals surface area contributed by atoms with Crippen molar-refractivity contribution >= 4 is 5.69 Å². The first-order valence-corrected chi connectivity index (χ1v) is 6.36. The zero-order valence-corrected chi connectivity index (χ0v) is 11.2. The van der Waals surface area contributed by atoms with Crippen molar-refractivity contribution in [3.8, 4) is 0 Å². The molecule has 1 saturated heterocycles. The summed E-state index contributed by atoms with van der Waals surface area (Å²) in [5, 5.41) is 0. The van der Waals surface area contributed by atoms with Crippen LogP contribution in [0.25, 0.3) is 0 Å². The third-order valence-corrected chi connectivity index (χ3v) is 3.62. The Kier molecular flexibility index (Phi) is 3.88. The van der Waals surface area contributed by atoms with Crippen molar-refractivity contribution in [2.24, 2.45) is 5.73 Å². The summed E-state index contributed by atoms with van der Waals surface area (Å²) >= 11 is 0. The number of hydrogen-bond acceptors (Lipinski definition) is 3. The summed E-state index contributed by atoms with van der Waals surface area (Å²) in [4.78, 5) is 2.24. The van der Waals surface area contributed by atoms with E-state index in [0.717, 1.165) is 30.8 Å². The van der Waals surface area contributed by atoms with Crippen molar-refractivity contribution in [1.29, 1.82) is 0 Å². The Labute approximate surface area is 108 Å². The first-order chi connectivity index (χ1) is 8.52.